The molecule has 0 unspecified atom stereocenters. The first-order valence-electron chi connectivity index (χ1n) is 7.43. The first kappa shape index (κ1) is 13.9. The molecule has 0 spiro atoms. The molecule has 1 saturated carbocycles. The van der Waals surface area contributed by atoms with Gasteiger partial charge in [-0.25, -0.2) is 8.78 Å². The van der Waals surface area contributed by atoms with Crippen LogP contribution in [0.2, 0.25) is 0 Å². The van der Waals surface area contributed by atoms with E-state index in [0.29, 0.717) is 11.2 Å². The molecule has 1 fully saturated rings. The Morgan fingerprint density at radius 2 is 1.87 bits per heavy atom. The summed E-state index contributed by atoms with van der Waals surface area (Å²) in [5, 5.41) is 3.63. The van der Waals surface area contributed by atoms with Gasteiger partial charge in [0.25, 0.3) is 0 Å². The number of anilines is 1. The van der Waals surface area contributed by atoms with Gasteiger partial charge in [-0.05, 0) is 54.8 Å². The van der Waals surface area contributed by atoms with Gasteiger partial charge in [0.05, 0.1) is 5.41 Å². The molecule has 1 amide bonds. The maximum atomic E-state index is 13.3. The molecule has 1 aliphatic carbocycles. The Morgan fingerprint density at radius 1 is 1.09 bits per heavy atom. The zero-order chi connectivity index (χ0) is 16.0. The zero-order valence-electron chi connectivity index (χ0n) is 12.2. The summed E-state index contributed by atoms with van der Waals surface area (Å²) in [5.41, 5.74) is 1.35. The van der Waals surface area contributed by atoms with Crippen LogP contribution in [-0.4, -0.2) is 10.9 Å². The fourth-order valence-corrected chi connectivity index (χ4v) is 3.06. The molecule has 0 saturated heterocycles. The van der Waals surface area contributed by atoms with Crippen molar-refractivity contribution in [2.75, 3.05) is 5.32 Å². The highest BCUT2D eigenvalue weighted by molar-refractivity contribution is 6.04. The molecule has 23 heavy (non-hydrogen) atoms. The Balaban J connectivity index is 1.68. The third-order valence-corrected chi connectivity index (χ3v) is 4.43. The van der Waals surface area contributed by atoms with E-state index in [9.17, 15) is 13.6 Å². The van der Waals surface area contributed by atoms with E-state index in [1.165, 1.54) is 24.3 Å². The minimum atomic E-state index is -0.623. The van der Waals surface area contributed by atoms with Crippen LogP contribution in [0.5, 0.6) is 0 Å². The molecule has 0 bridgehead atoms. The molecule has 0 radical (unpaired) electrons. The molecular weight excluding hydrogens is 298 g/mol. The van der Waals surface area contributed by atoms with Crippen molar-refractivity contribution in [1.82, 2.24) is 4.98 Å². The zero-order valence-corrected chi connectivity index (χ0v) is 12.2. The van der Waals surface area contributed by atoms with E-state index in [1.807, 2.05) is 0 Å². The number of nitrogens with one attached hydrogen (secondary N) is 2. The molecule has 5 heteroatoms. The SMILES string of the molecule is O=C(Nc1cccc(F)c1)C1(c2c[nH]c3cc(F)ccc23)CC1. The largest absolute Gasteiger partial charge is 0.361 e. The average molecular weight is 312 g/mol. The summed E-state index contributed by atoms with van der Waals surface area (Å²) < 4.78 is 26.6. The Hall–Kier alpha value is -2.69. The maximum absolute atomic E-state index is 13.3. The van der Waals surface area contributed by atoms with Crippen LogP contribution in [0.4, 0.5) is 14.5 Å². The van der Waals surface area contributed by atoms with Gasteiger partial charge in [0, 0.05) is 22.8 Å². The summed E-state index contributed by atoms with van der Waals surface area (Å²) in [5.74, 6) is -0.872. The van der Waals surface area contributed by atoms with Gasteiger partial charge in [0.15, 0.2) is 0 Å². The number of carbonyl (C=O) groups is 1. The third kappa shape index (κ3) is 2.29. The van der Waals surface area contributed by atoms with Crippen LogP contribution in [0.15, 0.2) is 48.7 Å². The summed E-state index contributed by atoms with van der Waals surface area (Å²) in [7, 11) is 0. The van der Waals surface area contributed by atoms with E-state index in [0.717, 1.165) is 23.8 Å². The molecule has 116 valence electrons. The van der Waals surface area contributed by atoms with Crippen LogP contribution < -0.4 is 5.32 Å². The van der Waals surface area contributed by atoms with Crippen molar-refractivity contribution >= 4 is 22.5 Å². The number of halogens is 2. The number of benzene rings is 2. The van der Waals surface area contributed by atoms with Crippen LogP contribution >= 0.6 is 0 Å². The number of hydrogen-bond acceptors (Lipinski definition) is 1. The molecule has 1 heterocycles. The number of amides is 1. The Kier molecular flexibility index (Phi) is 2.98. The standard InChI is InChI=1S/C18H14F2N2O/c19-11-2-1-3-13(8-11)22-17(23)18(6-7-18)15-10-21-16-9-12(20)4-5-14(15)16/h1-5,8-10,21H,6-7H2,(H,22,23). The highest BCUT2D eigenvalue weighted by Crippen LogP contribution is 2.51. The molecule has 1 aromatic heterocycles. The lowest BCUT2D eigenvalue weighted by Gasteiger charge is -2.15. The molecule has 4 rings (SSSR count). The van der Waals surface area contributed by atoms with Gasteiger partial charge < -0.3 is 10.3 Å². The van der Waals surface area contributed by atoms with E-state index in [-0.39, 0.29) is 11.7 Å². The predicted octanol–water partition coefficient (Wildman–Crippen LogP) is 4.12. The van der Waals surface area contributed by atoms with Crippen LogP contribution in [0.25, 0.3) is 10.9 Å². The predicted molar refractivity (Wildman–Crippen MR) is 84.2 cm³/mol. The van der Waals surface area contributed by atoms with Crippen molar-refractivity contribution in [2.45, 2.75) is 18.3 Å². The first-order valence-corrected chi connectivity index (χ1v) is 7.43. The number of aromatic amines is 1. The minimum absolute atomic E-state index is 0.159. The summed E-state index contributed by atoms with van der Waals surface area (Å²) in [6.45, 7) is 0. The van der Waals surface area contributed by atoms with Crippen LogP contribution in [0.1, 0.15) is 18.4 Å². The van der Waals surface area contributed by atoms with Crippen molar-refractivity contribution < 1.29 is 13.6 Å². The van der Waals surface area contributed by atoms with E-state index in [2.05, 4.69) is 10.3 Å². The molecule has 3 aromatic rings. The van der Waals surface area contributed by atoms with Gasteiger partial charge in [0.2, 0.25) is 5.91 Å². The number of hydrogen-bond donors (Lipinski definition) is 2. The number of carbonyl (C=O) groups excluding carboxylic acids is 1. The van der Waals surface area contributed by atoms with E-state index >= 15 is 0 Å². The number of H-pyrrole nitrogens is 1. The van der Waals surface area contributed by atoms with Gasteiger partial charge in [0.1, 0.15) is 11.6 Å². The molecule has 0 atom stereocenters. The first-order chi connectivity index (χ1) is 11.1. The summed E-state index contributed by atoms with van der Waals surface area (Å²) in [6.07, 6.45) is 3.21. The monoisotopic (exact) mass is 312 g/mol. The second kappa shape index (κ2) is 4.91. The van der Waals surface area contributed by atoms with Crippen molar-refractivity contribution in [3.8, 4) is 0 Å². The number of aromatic nitrogens is 1. The Labute approximate surface area is 131 Å². The molecule has 3 nitrogen and oxygen atoms in total. The molecule has 1 aliphatic rings. The second-order valence-electron chi connectivity index (χ2n) is 5.94. The summed E-state index contributed by atoms with van der Waals surface area (Å²) >= 11 is 0. The highest BCUT2D eigenvalue weighted by atomic mass is 19.1. The van der Waals surface area contributed by atoms with Gasteiger partial charge in [-0.3, -0.25) is 4.79 Å². The van der Waals surface area contributed by atoms with E-state index in [4.69, 9.17) is 0 Å². The summed E-state index contributed by atoms with van der Waals surface area (Å²) in [6, 6.07) is 10.3. The molecule has 0 aliphatic heterocycles. The quantitative estimate of drug-likeness (QED) is 0.751. The lowest BCUT2D eigenvalue weighted by molar-refractivity contribution is -0.118. The van der Waals surface area contributed by atoms with Gasteiger partial charge in [-0.1, -0.05) is 6.07 Å². The number of rotatable bonds is 3. The Morgan fingerprint density at radius 3 is 2.61 bits per heavy atom. The van der Waals surface area contributed by atoms with Crippen LogP contribution in [0.3, 0.4) is 0 Å². The summed E-state index contributed by atoms with van der Waals surface area (Å²) in [4.78, 5) is 15.7. The van der Waals surface area contributed by atoms with Crippen molar-refractivity contribution in [1.29, 1.82) is 0 Å². The third-order valence-electron chi connectivity index (χ3n) is 4.43. The van der Waals surface area contributed by atoms with Crippen molar-refractivity contribution in [3.05, 3.63) is 65.9 Å². The fourth-order valence-electron chi connectivity index (χ4n) is 3.06. The van der Waals surface area contributed by atoms with E-state index in [1.54, 1.807) is 24.4 Å². The van der Waals surface area contributed by atoms with Crippen molar-refractivity contribution in [3.63, 3.8) is 0 Å². The molecule has 2 aromatic carbocycles. The van der Waals surface area contributed by atoms with Gasteiger partial charge >= 0.3 is 0 Å². The highest BCUT2D eigenvalue weighted by Gasteiger charge is 2.52. The van der Waals surface area contributed by atoms with Crippen LogP contribution in [0, 0.1) is 11.6 Å². The maximum Gasteiger partial charge on any atom is 0.235 e. The van der Waals surface area contributed by atoms with Gasteiger partial charge in [-0.2, -0.15) is 0 Å². The normalized spacial score (nSPS) is 15.6. The molecule has 2 N–H and O–H groups in total. The second-order valence-corrected chi connectivity index (χ2v) is 5.94. The smallest absolute Gasteiger partial charge is 0.235 e. The van der Waals surface area contributed by atoms with Gasteiger partial charge in [-0.15, -0.1) is 0 Å². The van der Waals surface area contributed by atoms with E-state index < -0.39 is 11.2 Å². The topological polar surface area (TPSA) is 44.9 Å². The van der Waals surface area contributed by atoms with Crippen molar-refractivity contribution in [2.24, 2.45) is 0 Å². The average Bonchev–Trinajstić information content (AvgIpc) is 3.22. The molecular formula is C18H14F2N2O. The fraction of sp³-hybridized carbons (Fsp3) is 0.167. The lowest BCUT2D eigenvalue weighted by atomic mass is 9.94. The Bertz CT molecular complexity index is 912. The van der Waals surface area contributed by atoms with Crippen LogP contribution in [-0.2, 0) is 10.2 Å². The lowest BCUT2D eigenvalue weighted by Crippen LogP contribution is -2.27. The number of fused-ring (bicyclic) bond motifs is 1. The minimum Gasteiger partial charge on any atom is -0.361 e.